The molecule has 106 valence electrons. The Labute approximate surface area is 116 Å². The van der Waals surface area contributed by atoms with Crippen molar-refractivity contribution < 1.29 is 4.79 Å². The van der Waals surface area contributed by atoms with E-state index in [1.807, 2.05) is 6.07 Å². The summed E-state index contributed by atoms with van der Waals surface area (Å²) in [7, 11) is 0. The number of carbonyl (C=O) groups excluding carboxylic acids is 1. The van der Waals surface area contributed by atoms with Crippen LogP contribution in [0.1, 0.15) is 50.8 Å². The van der Waals surface area contributed by atoms with Gasteiger partial charge in [0, 0.05) is 12.1 Å². The fourth-order valence-electron chi connectivity index (χ4n) is 2.07. The lowest BCUT2D eigenvalue weighted by molar-refractivity contribution is -0.121. The second-order valence-electron chi connectivity index (χ2n) is 5.10. The third-order valence-corrected chi connectivity index (χ3v) is 3.46. The molecule has 0 bridgehead atoms. The first kappa shape index (κ1) is 15.7. The van der Waals surface area contributed by atoms with Crippen LogP contribution in [0.3, 0.4) is 0 Å². The van der Waals surface area contributed by atoms with Crippen molar-refractivity contribution in [2.45, 2.75) is 52.6 Å². The molecule has 3 heteroatoms. The van der Waals surface area contributed by atoms with Gasteiger partial charge in [-0.25, -0.2) is 0 Å². The van der Waals surface area contributed by atoms with Crippen LogP contribution in [0.2, 0.25) is 0 Å². The maximum atomic E-state index is 11.8. The Morgan fingerprint density at radius 1 is 1.26 bits per heavy atom. The van der Waals surface area contributed by atoms with Crippen LogP contribution in [0, 0.1) is 6.92 Å². The second kappa shape index (κ2) is 7.95. The van der Waals surface area contributed by atoms with Crippen molar-refractivity contribution in [3.63, 3.8) is 0 Å². The largest absolute Gasteiger partial charge is 0.352 e. The number of aryl methyl sites for hydroxylation is 1. The van der Waals surface area contributed by atoms with Crippen molar-refractivity contribution in [3.8, 4) is 0 Å². The molecule has 3 nitrogen and oxygen atoms in total. The van der Waals surface area contributed by atoms with Gasteiger partial charge in [0.2, 0.25) is 5.91 Å². The lowest BCUT2D eigenvalue weighted by atomic mass is 10.1. The summed E-state index contributed by atoms with van der Waals surface area (Å²) in [6, 6.07) is 8.85. The van der Waals surface area contributed by atoms with Gasteiger partial charge in [-0.15, -0.1) is 0 Å². The molecule has 1 aromatic carbocycles. The minimum Gasteiger partial charge on any atom is -0.352 e. The highest BCUT2D eigenvalue weighted by molar-refractivity contribution is 5.78. The van der Waals surface area contributed by atoms with E-state index in [9.17, 15) is 4.79 Å². The molecule has 0 radical (unpaired) electrons. The summed E-state index contributed by atoms with van der Waals surface area (Å²) in [5, 5.41) is 6.30. The van der Waals surface area contributed by atoms with Gasteiger partial charge in [0.1, 0.15) is 0 Å². The van der Waals surface area contributed by atoms with Gasteiger partial charge in [0.05, 0.1) is 6.54 Å². The highest BCUT2D eigenvalue weighted by Crippen LogP contribution is 2.13. The summed E-state index contributed by atoms with van der Waals surface area (Å²) in [6.45, 7) is 8.72. The molecule has 0 spiro atoms. The first-order chi connectivity index (χ1) is 9.06. The van der Waals surface area contributed by atoms with Crippen LogP contribution in [0.25, 0.3) is 0 Å². The number of nitrogens with one attached hydrogen (secondary N) is 2. The van der Waals surface area contributed by atoms with Gasteiger partial charge in [-0.1, -0.05) is 43.7 Å². The zero-order valence-electron chi connectivity index (χ0n) is 12.5. The number of hydrogen-bond acceptors (Lipinski definition) is 2. The molecule has 1 rings (SSSR count). The summed E-state index contributed by atoms with van der Waals surface area (Å²) in [5.41, 5.74) is 2.46. The Morgan fingerprint density at radius 3 is 2.53 bits per heavy atom. The number of carbonyl (C=O) groups is 1. The molecule has 0 aromatic heterocycles. The lowest BCUT2D eigenvalue weighted by Gasteiger charge is -2.18. The molecule has 0 fully saturated rings. The molecule has 0 heterocycles. The minimum atomic E-state index is 0.0770. The molecule has 1 aromatic rings. The van der Waals surface area contributed by atoms with Crippen LogP contribution in [-0.4, -0.2) is 18.5 Å². The van der Waals surface area contributed by atoms with E-state index in [0.29, 0.717) is 12.6 Å². The predicted octanol–water partition coefficient (Wildman–Crippen LogP) is 2.95. The van der Waals surface area contributed by atoms with Crippen LogP contribution in [-0.2, 0) is 4.79 Å². The van der Waals surface area contributed by atoms with Crippen molar-refractivity contribution >= 4 is 5.91 Å². The van der Waals surface area contributed by atoms with Gasteiger partial charge in [-0.05, 0) is 32.3 Å². The Kier molecular flexibility index (Phi) is 6.57. The van der Waals surface area contributed by atoms with E-state index in [4.69, 9.17) is 0 Å². The van der Waals surface area contributed by atoms with Crippen molar-refractivity contribution in [1.82, 2.24) is 10.6 Å². The molecule has 2 N–H and O–H groups in total. The van der Waals surface area contributed by atoms with E-state index in [-0.39, 0.29) is 11.9 Å². The fraction of sp³-hybridized carbons (Fsp3) is 0.562. The van der Waals surface area contributed by atoms with Crippen LogP contribution < -0.4 is 10.6 Å². The van der Waals surface area contributed by atoms with E-state index in [1.54, 1.807) is 0 Å². The average Bonchev–Trinajstić information content (AvgIpc) is 2.42. The van der Waals surface area contributed by atoms with E-state index in [0.717, 1.165) is 12.8 Å². The second-order valence-corrected chi connectivity index (χ2v) is 5.10. The molecule has 0 aliphatic heterocycles. The van der Waals surface area contributed by atoms with Crippen molar-refractivity contribution in [2.24, 2.45) is 0 Å². The standard InChI is InChI=1S/C16H26N2O/c1-5-15(6-2)18-16(19)11-17-13(4)14-9-7-8-12(3)10-14/h7-10,13,15,17H,5-6,11H2,1-4H3,(H,18,19)/t13-/m0/s1. The molecule has 0 unspecified atom stereocenters. The van der Waals surface area contributed by atoms with E-state index >= 15 is 0 Å². The van der Waals surface area contributed by atoms with Crippen molar-refractivity contribution in [3.05, 3.63) is 35.4 Å². The minimum absolute atomic E-state index is 0.0770. The third kappa shape index (κ3) is 5.43. The maximum absolute atomic E-state index is 11.8. The normalized spacial score (nSPS) is 12.5. The summed E-state index contributed by atoms with van der Waals surface area (Å²) < 4.78 is 0. The Balaban J connectivity index is 2.41. The highest BCUT2D eigenvalue weighted by Gasteiger charge is 2.10. The smallest absolute Gasteiger partial charge is 0.234 e. The topological polar surface area (TPSA) is 41.1 Å². The van der Waals surface area contributed by atoms with Crippen LogP contribution in [0.4, 0.5) is 0 Å². The molecule has 1 atom stereocenters. The summed E-state index contributed by atoms with van der Waals surface area (Å²) in [5.74, 6) is 0.0770. The van der Waals surface area contributed by atoms with Crippen molar-refractivity contribution in [1.29, 1.82) is 0 Å². The van der Waals surface area contributed by atoms with E-state index in [2.05, 4.69) is 56.5 Å². The predicted molar refractivity (Wildman–Crippen MR) is 80.1 cm³/mol. The van der Waals surface area contributed by atoms with Gasteiger partial charge in [-0.3, -0.25) is 4.79 Å². The Morgan fingerprint density at radius 2 is 1.95 bits per heavy atom. The molecule has 1 amide bonds. The zero-order valence-corrected chi connectivity index (χ0v) is 12.5. The summed E-state index contributed by atoms with van der Waals surface area (Å²) >= 11 is 0. The first-order valence-electron chi connectivity index (χ1n) is 7.16. The zero-order chi connectivity index (χ0) is 14.3. The van der Waals surface area contributed by atoms with Crippen LogP contribution in [0.5, 0.6) is 0 Å². The summed E-state index contributed by atoms with van der Waals surface area (Å²) in [6.07, 6.45) is 1.96. The third-order valence-electron chi connectivity index (χ3n) is 3.46. The lowest BCUT2D eigenvalue weighted by Crippen LogP contribution is -2.40. The number of rotatable bonds is 7. The molecular formula is C16H26N2O. The number of benzene rings is 1. The molecular weight excluding hydrogens is 236 g/mol. The van der Waals surface area contributed by atoms with Gasteiger partial charge >= 0.3 is 0 Å². The van der Waals surface area contributed by atoms with Crippen LogP contribution in [0.15, 0.2) is 24.3 Å². The molecule has 0 saturated heterocycles. The van der Waals surface area contributed by atoms with Gasteiger partial charge in [0.15, 0.2) is 0 Å². The highest BCUT2D eigenvalue weighted by atomic mass is 16.1. The summed E-state index contributed by atoms with van der Waals surface area (Å²) in [4.78, 5) is 11.8. The number of amides is 1. The maximum Gasteiger partial charge on any atom is 0.234 e. The molecule has 0 saturated carbocycles. The van der Waals surface area contributed by atoms with Gasteiger partial charge in [0.25, 0.3) is 0 Å². The fourth-order valence-corrected chi connectivity index (χ4v) is 2.07. The monoisotopic (exact) mass is 262 g/mol. The SMILES string of the molecule is CCC(CC)NC(=O)CN[C@@H](C)c1cccc(C)c1. The molecule has 0 aliphatic rings. The van der Waals surface area contributed by atoms with Crippen LogP contribution >= 0.6 is 0 Å². The van der Waals surface area contributed by atoms with Gasteiger partial charge in [-0.2, -0.15) is 0 Å². The average molecular weight is 262 g/mol. The first-order valence-corrected chi connectivity index (χ1v) is 7.16. The number of hydrogen-bond donors (Lipinski definition) is 2. The molecule has 19 heavy (non-hydrogen) atoms. The van der Waals surface area contributed by atoms with Crippen molar-refractivity contribution in [2.75, 3.05) is 6.54 Å². The van der Waals surface area contributed by atoms with E-state index < -0.39 is 0 Å². The van der Waals surface area contributed by atoms with Gasteiger partial charge < -0.3 is 10.6 Å². The quantitative estimate of drug-likeness (QED) is 0.793. The molecule has 0 aliphatic carbocycles. The Bertz CT molecular complexity index is 399. The van der Waals surface area contributed by atoms with E-state index in [1.165, 1.54) is 11.1 Å². The Hall–Kier alpha value is -1.35.